The van der Waals surface area contributed by atoms with Crippen LogP contribution in [0.4, 0.5) is 4.79 Å². The van der Waals surface area contributed by atoms with Crippen molar-refractivity contribution in [3.05, 3.63) is 0 Å². The van der Waals surface area contributed by atoms with Gasteiger partial charge in [-0.05, 0) is 25.7 Å². The molecular weight excluding hydrogens is 250 g/mol. The molecule has 0 aromatic carbocycles. The van der Waals surface area contributed by atoms with E-state index in [-0.39, 0.29) is 17.9 Å². The van der Waals surface area contributed by atoms with E-state index in [2.05, 4.69) is 10.6 Å². The van der Waals surface area contributed by atoms with Gasteiger partial charge in [-0.25, -0.2) is 4.79 Å². The van der Waals surface area contributed by atoms with Crippen molar-refractivity contribution >= 4 is 17.8 Å². The van der Waals surface area contributed by atoms with E-state index >= 15 is 0 Å². The van der Waals surface area contributed by atoms with E-state index in [9.17, 15) is 14.4 Å². The molecule has 0 aromatic rings. The number of piperidine rings is 1. The van der Waals surface area contributed by atoms with Crippen LogP contribution in [0.1, 0.15) is 25.7 Å². The van der Waals surface area contributed by atoms with Gasteiger partial charge in [0.2, 0.25) is 0 Å². The summed E-state index contributed by atoms with van der Waals surface area (Å²) in [6.07, 6.45) is 2.30. The average molecular weight is 267 g/mol. The number of hydrogen-bond donors (Lipinski definition) is 2. The van der Waals surface area contributed by atoms with E-state index in [1.807, 2.05) is 0 Å². The average Bonchev–Trinajstić information content (AvgIpc) is 2.99. The molecule has 3 aliphatic rings. The molecule has 104 valence electrons. The van der Waals surface area contributed by atoms with Crippen LogP contribution in [0.15, 0.2) is 0 Å². The largest absolute Gasteiger partial charge is 0.368 e. The zero-order valence-electron chi connectivity index (χ0n) is 10.6. The van der Waals surface area contributed by atoms with Gasteiger partial charge in [0.15, 0.2) is 0 Å². The highest BCUT2D eigenvalue weighted by molar-refractivity contribution is 6.07. The minimum atomic E-state index is -0.815. The summed E-state index contributed by atoms with van der Waals surface area (Å²) >= 11 is 0. The van der Waals surface area contributed by atoms with E-state index in [4.69, 9.17) is 4.74 Å². The lowest BCUT2D eigenvalue weighted by Crippen LogP contribution is -2.56. The number of hydrogen-bond acceptors (Lipinski definition) is 4. The first-order chi connectivity index (χ1) is 9.11. The third-order valence-corrected chi connectivity index (χ3v) is 4.15. The molecule has 0 aromatic heterocycles. The van der Waals surface area contributed by atoms with Crippen LogP contribution in [0.3, 0.4) is 0 Å². The van der Waals surface area contributed by atoms with E-state index < -0.39 is 11.6 Å². The maximum Gasteiger partial charge on any atom is 0.322 e. The standard InChI is InChI=1S/C12H17N3O4/c16-9(8-2-1-7-19-8)15-5-3-12(4-6-15)10(17)13-11(18)14-12/h8H,1-7H2,(H2,13,14,17,18). The Bertz CT molecular complexity index is 423. The first-order valence-electron chi connectivity index (χ1n) is 6.65. The number of rotatable bonds is 1. The molecule has 0 aliphatic carbocycles. The number of likely N-dealkylation sites (tertiary alicyclic amines) is 1. The third kappa shape index (κ3) is 2.07. The predicted molar refractivity (Wildman–Crippen MR) is 64.2 cm³/mol. The van der Waals surface area contributed by atoms with Gasteiger partial charge in [0.1, 0.15) is 11.6 Å². The second-order valence-electron chi connectivity index (χ2n) is 5.32. The second-order valence-corrected chi connectivity index (χ2v) is 5.32. The van der Waals surface area contributed by atoms with E-state index in [0.717, 1.165) is 12.8 Å². The van der Waals surface area contributed by atoms with Crippen molar-refractivity contribution in [3.63, 3.8) is 0 Å². The summed E-state index contributed by atoms with van der Waals surface area (Å²) < 4.78 is 5.38. The summed E-state index contributed by atoms with van der Waals surface area (Å²) in [4.78, 5) is 36.9. The number of nitrogens with zero attached hydrogens (tertiary/aromatic N) is 1. The minimum absolute atomic E-state index is 0.0112. The number of ether oxygens (including phenoxy) is 1. The SMILES string of the molecule is O=C1NC(=O)C2(CCN(C(=O)C3CCCO3)CC2)N1. The molecule has 3 aliphatic heterocycles. The Kier molecular flexibility index (Phi) is 2.93. The van der Waals surface area contributed by atoms with Crippen LogP contribution >= 0.6 is 0 Å². The quantitative estimate of drug-likeness (QED) is 0.619. The van der Waals surface area contributed by atoms with E-state index in [1.54, 1.807) is 4.90 Å². The molecule has 19 heavy (non-hydrogen) atoms. The molecule has 3 heterocycles. The van der Waals surface area contributed by atoms with Crippen molar-refractivity contribution in [1.29, 1.82) is 0 Å². The molecule has 3 rings (SSSR count). The van der Waals surface area contributed by atoms with E-state index in [0.29, 0.717) is 32.5 Å². The monoisotopic (exact) mass is 267 g/mol. The lowest BCUT2D eigenvalue weighted by Gasteiger charge is -2.37. The van der Waals surface area contributed by atoms with E-state index in [1.165, 1.54) is 0 Å². The fourth-order valence-electron chi connectivity index (χ4n) is 2.97. The molecule has 1 unspecified atom stereocenters. The zero-order valence-corrected chi connectivity index (χ0v) is 10.6. The van der Waals surface area contributed by atoms with Gasteiger partial charge in [-0.3, -0.25) is 14.9 Å². The van der Waals surface area contributed by atoms with Crippen LogP contribution in [0.25, 0.3) is 0 Å². The van der Waals surface area contributed by atoms with Crippen molar-refractivity contribution in [2.75, 3.05) is 19.7 Å². The summed E-state index contributed by atoms with van der Waals surface area (Å²) in [6, 6.07) is -0.441. The van der Waals surface area contributed by atoms with Crippen LogP contribution < -0.4 is 10.6 Å². The fourth-order valence-corrected chi connectivity index (χ4v) is 2.97. The lowest BCUT2D eigenvalue weighted by atomic mass is 9.87. The number of imide groups is 1. The van der Waals surface area contributed by atoms with Crippen molar-refractivity contribution in [2.24, 2.45) is 0 Å². The molecule has 7 heteroatoms. The molecule has 1 atom stereocenters. The van der Waals surface area contributed by atoms with Crippen molar-refractivity contribution in [2.45, 2.75) is 37.3 Å². The first kappa shape index (κ1) is 12.4. The van der Waals surface area contributed by atoms with Crippen molar-refractivity contribution < 1.29 is 19.1 Å². The summed E-state index contributed by atoms with van der Waals surface area (Å²) in [5.74, 6) is -0.265. The van der Waals surface area contributed by atoms with Gasteiger partial charge >= 0.3 is 6.03 Å². The Morgan fingerprint density at radius 2 is 2.05 bits per heavy atom. The van der Waals surface area contributed by atoms with Crippen LogP contribution in [-0.2, 0) is 14.3 Å². The molecule has 1 spiro atoms. The Balaban J connectivity index is 1.61. The number of amides is 4. The first-order valence-corrected chi connectivity index (χ1v) is 6.65. The Labute approximate surface area is 110 Å². The molecule has 7 nitrogen and oxygen atoms in total. The highest BCUT2D eigenvalue weighted by Gasteiger charge is 2.48. The van der Waals surface area contributed by atoms with Crippen LogP contribution in [0.2, 0.25) is 0 Å². The maximum atomic E-state index is 12.2. The van der Waals surface area contributed by atoms with Crippen molar-refractivity contribution in [1.82, 2.24) is 15.5 Å². The number of carbonyl (C=O) groups is 3. The highest BCUT2D eigenvalue weighted by Crippen LogP contribution is 2.27. The van der Waals surface area contributed by atoms with Crippen LogP contribution in [-0.4, -0.2) is 54.1 Å². The Morgan fingerprint density at radius 1 is 1.32 bits per heavy atom. The highest BCUT2D eigenvalue weighted by atomic mass is 16.5. The molecule has 4 amide bonds. The molecule has 0 saturated carbocycles. The fraction of sp³-hybridized carbons (Fsp3) is 0.750. The normalized spacial score (nSPS) is 29.5. The van der Waals surface area contributed by atoms with Gasteiger partial charge in [0.25, 0.3) is 11.8 Å². The molecule has 0 radical (unpaired) electrons. The topological polar surface area (TPSA) is 87.7 Å². The number of nitrogens with one attached hydrogen (secondary N) is 2. The number of carbonyl (C=O) groups excluding carboxylic acids is 3. The van der Waals surface area contributed by atoms with Gasteiger partial charge in [-0.1, -0.05) is 0 Å². The van der Waals surface area contributed by atoms with Gasteiger partial charge in [0, 0.05) is 19.7 Å². The summed E-state index contributed by atoms with van der Waals surface area (Å²) in [5, 5.41) is 4.94. The van der Waals surface area contributed by atoms with Gasteiger partial charge in [-0.15, -0.1) is 0 Å². The minimum Gasteiger partial charge on any atom is -0.368 e. The maximum absolute atomic E-state index is 12.2. The Morgan fingerprint density at radius 3 is 2.58 bits per heavy atom. The zero-order chi connectivity index (χ0) is 13.5. The molecule has 3 fully saturated rings. The molecule has 0 bridgehead atoms. The van der Waals surface area contributed by atoms with Crippen LogP contribution in [0.5, 0.6) is 0 Å². The smallest absolute Gasteiger partial charge is 0.322 e. The molecule has 2 N–H and O–H groups in total. The predicted octanol–water partition coefficient (Wildman–Crippen LogP) is -0.634. The third-order valence-electron chi connectivity index (χ3n) is 4.15. The molecule has 3 saturated heterocycles. The summed E-state index contributed by atoms with van der Waals surface area (Å²) in [6.45, 7) is 1.60. The second kappa shape index (κ2) is 4.48. The van der Waals surface area contributed by atoms with Crippen molar-refractivity contribution in [3.8, 4) is 0 Å². The summed E-state index contributed by atoms with van der Waals surface area (Å²) in [7, 11) is 0. The summed E-state index contributed by atoms with van der Waals surface area (Å²) in [5.41, 5.74) is -0.815. The van der Waals surface area contributed by atoms with Gasteiger partial charge in [0.05, 0.1) is 0 Å². The van der Waals surface area contributed by atoms with Crippen LogP contribution in [0, 0.1) is 0 Å². The molecular formula is C12H17N3O4. The number of urea groups is 1. The lowest BCUT2D eigenvalue weighted by molar-refractivity contribution is -0.144. The van der Waals surface area contributed by atoms with Gasteiger partial charge < -0.3 is 15.0 Å². The Hall–Kier alpha value is -1.63. The van der Waals surface area contributed by atoms with Gasteiger partial charge in [-0.2, -0.15) is 0 Å².